The summed E-state index contributed by atoms with van der Waals surface area (Å²) in [6.45, 7) is 6.12. The van der Waals surface area contributed by atoms with E-state index < -0.39 is 0 Å². The zero-order valence-electron chi connectivity index (χ0n) is 21.5. The predicted molar refractivity (Wildman–Crippen MR) is 158 cm³/mol. The van der Waals surface area contributed by atoms with Crippen LogP contribution >= 0.6 is 22.6 Å². The molecule has 5 rings (SSSR count). The van der Waals surface area contributed by atoms with Gasteiger partial charge in [-0.25, -0.2) is 0 Å². The molecule has 1 aromatic heterocycles. The van der Waals surface area contributed by atoms with Gasteiger partial charge in [-0.3, -0.25) is 0 Å². The molecule has 184 valence electrons. The van der Waals surface area contributed by atoms with E-state index in [1.165, 1.54) is 103 Å². The van der Waals surface area contributed by atoms with Crippen molar-refractivity contribution in [3.8, 4) is 0 Å². The maximum atomic E-state index is 2.64. The first-order chi connectivity index (χ1) is 16.7. The highest BCUT2D eigenvalue weighted by Crippen LogP contribution is 2.41. The van der Waals surface area contributed by atoms with Crippen molar-refractivity contribution in [3.05, 3.63) is 47.5 Å². The number of fused-ring (bicyclic) bond motifs is 3. The number of aromatic nitrogens is 1. The second-order valence-corrected chi connectivity index (χ2v) is 12.6. The SMILES string of the molecule is CC(c1ccc2c(c1)c1cc(C(C)C3CCCC3)ccc1n2CCCCCCI)C1CCCC1. The normalized spacial score (nSPS) is 19.5. The van der Waals surface area contributed by atoms with E-state index in [1.54, 1.807) is 11.1 Å². The Hall–Kier alpha value is -1.03. The Balaban J connectivity index is 1.52. The van der Waals surface area contributed by atoms with E-state index in [4.69, 9.17) is 0 Å². The molecule has 0 saturated heterocycles. The molecule has 0 N–H and O–H groups in total. The lowest BCUT2D eigenvalue weighted by Gasteiger charge is -2.20. The third-order valence-corrected chi connectivity index (χ3v) is 10.2. The molecule has 0 radical (unpaired) electrons. The Morgan fingerprint density at radius 2 is 1.18 bits per heavy atom. The Labute approximate surface area is 221 Å². The highest BCUT2D eigenvalue weighted by molar-refractivity contribution is 14.1. The molecule has 0 bridgehead atoms. The lowest BCUT2D eigenvalue weighted by Crippen LogP contribution is -2.05. The van der Waals surface area contributed by atoms with E-state index in [9.17, 15) is 0 Å². The van der Waals surface area contributed by atoms with Crippen molar-refractivity contribution in [2.75, 3.05) is 4.43 Å². The minimum absolute atomic E-state index is 0.680. The number of hydrogen-bond acceptors (Lipinski definition) is 0. The summed E-state index contributed by atoms with van der Waals surface area (Å²) in [6.07, 6.45) is 16.7. The van der Waals surface area contributed by atoms with Crippen LogP contribution in [0.15, 0.2) is 36.4 Å². The third kappa shape index (κ3) is 5.08. The maximum absolute atomic E-state index is 2.64. The maximum Gasteiger partial charge on any atom is 0.0491 e. The van der Waals surface area contributed by atoms with Crippen LogP contribution in [0.25, 0.3) is 21.8 Å². The molecule has 1 nitrogen and oxygen atoms in total. The molecule has 2 aliphatic rings. The number of halogens is 1. The average Bonchev–Trinajstić information content (AvgIpc) is 3.64. The lowest BCUT2D eigenvalue weighted by atomic mass is 9.85. The summed E-state index contributed by atoms with van der Waals surface area (Å²) in [6, 6.07) is 15.0. The average molecular weight is 570 g/mol. The topological polar surface area (TPSA) is 4.93 Å². The van der Waals surface area contributed by atoms with Crippen molar-refractivity contribution < 1.29 is 0 Å². The van der Waals surface area contributed by atoms with Crippen LogP contribution in [0.1, 0.15) is 114 Å². The van der Waals surface area contributed by atoms with Gasteiger partial charge in [0.2, 0.25) is 0 Å². The quantitative estimate of drug-likeness (QED) is 0.130. The molecule has 2 atom stereocenters. The van der Waals surface area contributed by atoms with Crippen LogP contribution in [-0.4, -0.2) is 8.99 Å². The predicted octanol–water partition coefficient (Wildman–Crippen LogP) is 10.4. The largest absolute Gasteiger partial charge is 0.340 e. The fraction of sp³-hybridized carbons (Fsp3) is 0.625. The molecule has 2 heteroatoms. The minimum Gasteiger partial charge on any atom is -0.340 e. The van der Waals surface area contributed by atoms with Crippen LogP contribution in [-0.2, 0) is 6.54 Å². The highest BCUT2D eigenvalue weighted by Gasteiger charge is 2.25. The van der Waals surface area contributed by atoms with Gasteiger partial charge < -0.3 is 4.57 Å². The molecule has 0 amide bonds. The Morgan fingerprint density at radius 3 is 1.65 bits per heavy atom. The van der Waals surface area contributed by atoms with Gasteiger partial charge in [0.25, 0.3) is 0 Å². The number of alkyl halides is 1. The zero-order valence-corrected chi connectivity index (χ0v) is 23.7. The fourth-order valence-corrected chi connectivity index (χ4v) is 7.66. The number of rotatable bonds is 10. The van der Waals surface area contributed by atoms with Crippen molar-refractivity contribution in [2.45, 2.75) is 109 Å². The van der Waals surface area contributed by atoms with Crippen LogP contribution in [0.3, 0.4) is 0 Å². The lowest BCUT2D eigenvalue weighted by molar-refractivity contribution is 0.461. The first-order valence-electron chi connectivity index (χ1n) is 14.3. The van der Waals surface area contributed by atoms with Gasteiger partial charge in [0.15, 0.2) is 0 Å². The van der Waals surface area contributed by atoms with Gasteiger partial charge in [0, 0.05) is 28.4 Å². The van der Waals surface area contributed by atoms with Gasteiger partial charge >= 0.3 is 0 Å². The molecule has 3 aromatic rings. The summed E-state index contributed by atoms with van der Waals surface area (Å²) in [4.78, 5) is 0. The third-order valence-electron chi connectivity index (χ3n) is 9.44. The summed E-state index contributed by atoms with van der Waals surface area (Å²) < 4.78 is 3.93. The van der Waals surface area contributed by atoms with Gasteiger partial charge in [-0.1, -0.05) is 87.1 Å². The summed E-state index contributed by atoms with van der Waals surface area (Å²) in [5.41, 5.74) is 6.04. The molecular weight excluding hydrogens is 525 g/mol. The standard InChI is InChI=1S/C32H44IN/c1-23(25-11-5-6-12-25)27-15-17-31-29(21-27)30-22-28(24(2)26-13-7-8-14-26)16-18-32(30)34(31)20-10-4-3-9-19-33/h15-18,21-26H,3-14,19-20H2,1-2H3. The number of aryl methyl sites for hydroxylation is 1. The smallest absolute Gasteiger partial charge is 0.0491 e. The molecule has 0 spiro atoms. The highest BCUT2D eigenvalue weighted by atomic mass is 127. The minimum atomic E-state index is 0.680. The number of nitrogens with zero attached hydrogens (tertiary/aromatic N) is 1. The van der Waals surface area contributed by atoms with Crippen LogP contribution in [0.2, 0.25) is 0 Å². The van der Waals surface area contributed by atoms with Gasteiger partial charge in [0.05, 0.1) is 0 Å². The van der Waals surface area contributed by atoms with E-state index in [0.29, 0.717) is 11.8 Å². The number of benzene rings is 2. The first kappa shape index (κ1) is 24.7. The van der Waals surface area contributed by atoms with Crippen LogP contribution in [0, 0.1) is 11.8 Å². The summed E-state index contributed by atoms with van der Waals surface area (Å²) >= 11 is 2.51. The molecule has 1 heterocycles. The Morgan fingerprint density at radius 1 is 0.706 bits per heavy atom. The summed E-state index contributed by atoms with van der Waals surface area (Å²) in [5, 5.41) is 3.01. The molecule has 2 aliphatic carbocycles. The molecule has 0 aliphatic heterocycles. The molecule has 2 fully saturated rings. The van der Waals surface area contributed by atoms with Gasteiger partial charge in [0.1, 0.15) is 0 Å². The van der Waals surface area contributed by atoms with Crippen LogP contribution in [0.5, 0.6) is 0 Å². The van der Waals surface area contributed by atoms with E-state index in [0.717, 1.165) is 18.4 Å². The number of hydrogen-bond donors (Lipinski definition) is 0. The van der Waals surface area contributed by atoms with Gasteiger partial charge in [-0.2, -0.15) is 0 Å². The Kier molecular flexibility index (Phi) is 8.23. The fourth-order valence-electron chi connectivity index (χ4n) is 7.12. The first-order valence-corrected chi connectivity index (χ1v) is 15.8. The van der Waals surface area contributed by atoms with Crippen LogP contribution in [0.4, 0.5) is 0 Å². The zero-order chi connectivity index (χ0) is 23.5. The second-order valence-electron chi connectivity index (χ2n) is 11.5. The van der Waals surface area contributed by atoms with Crippen molar-refractivity contribution in [2.24, 2.45) is 11.8 Å². The Bertz CT molecular complexity index is 1000. The molecule has 2 saturated carbocycles. The molecular formula is C32H44IN. The van der Waals surface area contributed by atoms with E-state index in [2.05, 4.69) is 77.4 Å². The van der Waals surface area contributed by atoms with E-state index >= 15 is 0 Å². The molecule has 2 aromatic carbocycles. The van der Waals surface area contributed by atoms with Crippen molar-refractivity contribution in [3.63, 3.8) is 0 Å². The van der Waals surface area contributed by atoms with Crippen molar-refractivity contribution in [1.29, 1.82) is 0 Å². The summed E-state index contributed by atoms with van der Waals surface area (Å²) in [5.74, 6) is 3.11. The number of unbranched alkanes of at least 4 members (excludes halogenated alkanes) is 3. The van der Waals surface area contributed by atoms with Gasteiger partial charge in [-0.15, -0.1) is 0 Å². The monoisotopic (exact) mass is 569 g/mol. The van der Waals surface area contributed by atoms with E-state index in [1.807, 2.05) is 0 Å². The molecule has 2 unspecified atom stereocenters. The van der Waals surface area contributed by atoms with E-state index in [-0.39, 0.29) is 0 Å². The second kappa shape index (κ2) is 11.4. The van der Waals surface area contributed by atoms with Crippen molar-refractivity contribution >= 4 is 44.4 Å². The van der Waals surface area contributed by atoms with Crippen LogP contribution < -0.4 is 0 Å². The van der Waals surface area contributed by atoms with Crippen molar-refractivity contribution in [1.82, 2.24) is 4.57 Å². The van der Waals surface area contributed by atoms with Gasteiger partial charge in [-0.05, 0) is 102 Å². The molecule has 34 heavy (non-hydrogen) atoms. The summed E-state index contributed by atoms with van der Waals surface area (Å²) in [7, 11) is 0.